The largest absolute Gasteiger partial charge is 0.450 e. The summed E-state index contributed by atoms with van der Waals surface area (Å²) in [5.74, 6) is -15.7. The highest BCUT2D eigenvalue weighted by molar-refractivity contribution is 5.56. The zero-order valence-corrected chi connectivity index (χ0v) is 16.5. The van der Waals surface area contributed by atoms with Gasteiger partial charge in [-0.3, -0.25) is 0 Å². The third-order valence-corrected chi connectivity index (χ3v) is 4.28. The van der Waals surface area contributed by atoms with Crippen LogP contribution in [0, 0.1) is 29.1 Å². The van der Waals surface area contributed by atoms with Crippen molar-refractivity contribution in [2.45, 2.75) is 12.4 Å². The molecule has 0 radical (unpaired) electrons. The van der Waals surface area contributed by atoms with Gasteiger partial charge in [-0.1, -0.05) is 0 Å². The Morgan fingerprint density at radius 3 is 1.17 bits per heavy atom. The fourth-order valence-electron chi connectivity index (χ4n) is 2.77. The van der Waals surface area contributed by atoms with Crippen molar-refractivity contribution in [2.24, 2.45) is 0 Å². The van der Waals surface area contributed by atoms with Crippen LogP contribution < -0.4 is 20.9 Å². The van der Waals surface area contributed by atoms with E-state index in [-0.39, 0.29) is 12.1 Å². The maximum atomic E-state index is 15.1. The van der Waals surface area contributed by atoms with Gasteiger partial charge in [-0.15, -0.1) is 0 Å². The minimum absolute atomic E-state index is 0.135. The molecule has 0 saturated heterocycles. The summed E-state index contributed by atoms with van der Waals surface area (Å²) in [6.45, 7) is 0. The standard InChI is InChI=1S/C20H9F11N2O2/c21-6-1-10(32)14(23)12(3-6)34-17-8(19(26,27)28)5-9(20(29,30)31)18(16(17)25)35-13-4-7(22)2-11(33)15(13)24/h1-5H,32-33H2. The maximum absolute atomic E-state index is 15.1. The highest BCUT2D eigenvalue weighted by atomic mass is 19.4. The molecule has 3 rings (SSSR count). The van der Waals surface area contributed by atoms with Gasteiger partial charge in [0, 0.05) is 24.3 Å². The Morgan fingerprint density at radius 1 is 0.514 bits per heavy atom. The van der Waals surface area contributed by atoms with Crippen LogP contribution in [0.25, 0.3) is 0 Å². The van der Waals surface area contributed by atoms with Gasteiger partial charge in [0.05, 0.1) is 11.4 Å². The van der Waals surface area contributed by atoms with E-state index in [0.29, 0.717) is 12.1 Å². The van der Waals surface area contributed by atoms with E-state index in [1.54, 1.807) is 0 Å². The Balaban J connectivity index is 2.34. The molecule has 15 heteroatoms. The summed E-state index contributed by atoms with van der Waals surface area (Å²) >= 11 is 0. The number of ether oxygens (including phenoxy) is 2. The van der Waals surface area contributed by atoms with E-state index >= 15 is 4.39 Å². The van der Waals surface area contributed by atoms with Gasteiger partial charge < -0.3 is 20.9 Å². The molecular weight excluding hydrogens is 509 g/mol. The number of hydrogen-bond donors (Lipinski definition) is 2. The SMILES string of the molecule is Nc1cc(F)cc(Oc2c(C(F)(F)F)cc(C(F)(F)F)c(Oc3cc(F)cc(N)c3F)c2F)c1F. The van der Waals surface area contributed by atoms with E-state index < -0.39 is 93.0 Å². The zero-order chi connectivity index (χ0) is 26.5. The predicted molar refractivity (Wildman–Crippen MR) is 98.1 cm³/mol. The normalized spacial score (nSPS) is 12.1. The zero-order valence-electron chi connectivity index (χ0n) is 16.5. The molecule has 0 aliphatic rings. The summed E-state index contributed by atoms with van der Waals surface area (Å²) in [5, 5.41) is 0. The first-order chi connectivity index (χ1) is 16.0. The molecule has 0 bridgehead atoms. The predicted octanol–water partition coefficient (Wildman–Crippen LogP) is 7.17. The van der Waals surface area contributed by atoms with E-state index in [4.69, 9.17) is 11.5 Å². The third kappa shape index (κ3) is 5.12. The van der Waals surface area contributed by atoms with Crippen molar-refractivity contribution in [2.75, 3.05) is 11.5 Å². The van der Waals surface area contributed by atoms with Crippen LogP contribution >= 0.6 is 0 Å². The first-order valence-corrected chi connectivity index (χ1v) is 8.86. The van der Waals surface area contributed by atoms with Gasteiger partial charge in [-0.25, -0.2) is 17.6 Å². The molecule has 0 aliphatic carbocycles. The van der Waals surface area contributed by atoms with Gasteiger partial charge >= 0.3 is 12.4 Å². The number of rotatable bonds is 4. The summed E-state index contributed by atoms with van der Waals surface area (Å²) in [6, 6.07) is 0.380. The average Bonchev–Trinajstić information content (AvgIpc) is 2.70. The molecule has 0 atom stereocenters. The van der Waals surface area contributed by atoms with E-state index in [1.165, 1.54) is 0 Å². The Bertz CT molecular complexity index is 1210. The number of alkyl halides is 6. The van der Waals surface area contributed by atoms with Crippen LogP contribution in [0.4, 0.5) is 59.7 Å². The summed E-state index contributed by atoms with van der Waals surface area (Å²) in [4.78, 5) is 0. The van der Waals surface area contributed by atoms with Gasteiger partial charge in [0.25, 0.3) is 0 Å². The van der Waals surface area contributed by atoms with Gasteiger partial charge in [-0.05, 0) is 6.07 Å². The summed E-state index contributed by atoms with van der Waals surface area (Å²) in [5.41, 5.74) is 3.42. The van der Waals surface area contributed by atoms with Crippen molar-refractivity contribution in [3.63, 3.8) is 0 Å². The second-order valence-corrected chi connectivity index (χ2v) is 6.76. The molecule has 0 aromatic heterocycles. The van der Waals surface area contributed by atoms with E-state index in [9.17, 15) is 43.9 Å². The highest BCUT2D eigenvalue weighted by Crippen LogP contribution is 2.50. The van der Waals surface area contributed by atoms with Crippen LogP contribution in [0.3, 0.4) is 0 Å². The average molecular weight is 518 g/mol. The first kappa shape index (κ1) is 25.7. The Kier molecular flexibility index (Phi) is 6.39. The van der Waals surface area contributed by atoms with Crippen LogP contribution in [-0.4, -0.2) is 0 Å². The molecule has 0 fully saturated rings. The Hall–Kier alpha value is -3.91. The molecule has 3 aromatic carbocycles. The van der Waals surface area contributed by atoms with Crippen molar-refractivity contribution in [1.82, 2.24) is 0 Å². The second-order valence-electron chi connectivity index (χ2n) is 6.76. The number of nitrogen functional groups attached to an aromatic ring is 2. The fourth-order valence-corrected chi connectivity index (χ4v) is 2.77. The number of anilines is 2. The maximum Gasteiger partial charge on any atom is 0.420 e. The second kappa shape index (κ2) is 8.70. The smallest absolute Gasteiger partial charge is 0.420 e. The number of nitrogens with two attached hydrogens (primary N) is 2. The monoisotopic (exact) mass is 518 g/mol. The van der Waals surface area contributed by atoms with Gasteiger partial charge in [0.2, 0.25) is 5.82 Å². The van der Waals surface area contributed by atoms with Crippen LogP contribution in [-0.2, 0) is 12.4 Å². The topological polar surface area (TPSA) is 70.5 Å². The Morgan fingerprint density at radius 2 is 0.857 bits per heavy atom. The van der Waals surface area contributed by atoms with E-state index in [1.807, 2.05) is 0 Å². The van der Waals surface area contributed by atoms with Crippen LogP contribution in [0.1, 0.15) is 11.1 Å². The lowest BCUT2D eigenvalue weighted by atomic mass is 10.1. The first-order valence-electron chi connectivity index (χ1n) is 8.86. The molecule has 0 unspecified atom stereocenters. The lowest BCUT2D eigenvalue weighted by Gasteiger charge is -2.21. The van der Waals surface area contributed by atoms with Crippen molar-refractivity contribution < 1.29 is 57.8 Å². The van der Waals surface area contributed by atoms with Gasteiger partial charge in [0.1, 0.15) is 22.8 Å². The summed E-state index contributed by atoms with van der Waals surface area (Å²) in [7, 11) is 0. The summed E-state index contributed by atoms with van der Waals surface area (Å²) < 4.78 is 161. The van der Waals surface area contributed by atoms with Gasteiger partial charge in [-0.2, -0.15) is 30.7 Å². The lowest BCUT2D eigenvalue weighted by Crippen LogP contribution is -2.16. The molecule has 35 heavy (non-hydrogen) atoms. The van der Waals surface area contributed by atoms with Crippen molar-refractivity contribution in [3.8, 4) is 23.0 Å². The molecule has 0 amide bonds. The lowest BCUT2D eigenvalue weighted by molar-refractivity contribution is -0.144. The van der Waals surface area contributed by atoms with Crippen LogP contribution in [0.2, 0.25) is 0 Å². The van der Waals surface area contributed by atoms with Crippen LogP contribution in [0.5, 0.6) is 23.0 Å². The minimum Gasteiger partial charge on any atom is -0.450 e. The molecule has 0 spiro atoms. The molecule has 0 heterocycles. The molecule has 0 saturated carbocycles. The van der Waals surface area contributed by atoms with Crippen LogP contribution in [0.15, 0.2) is 30.3 Å². The van der Waals surface area contributed by atoms with Crippen molar-refractivity contribution in [3.05, 3.63) is 70.5 Å². The molecule has 4 nitrogen and oxygen atoms in total. The Labute approximate surface area is 187 Å². The third-order valence-electron chi connectivity index (χ3n) is 4.28. The number of hydrogen-bond acceptors (Lipinski definition) is 4. The highest BCUT2D eigenvalue weighted by Gasteiger charge is 2.45. The quantitative estimate of drug-likeness (QED) is 0.284. The van der Waals surface area contributed by atoms with E-state index in [0.717, 1.165) is 0 Å². The van der Waals surface area contributed by atoms with Gasteiger partial charge in [0.15, 0.2) is 34.6 Å². The number of halogens is 11. The number of benzene rings is 3. The molecule has 3 aromatic rings. The fraction of sp³-hybridized carbons (Fsp3) is 0.100. The minimum atomic E-state index is -5.74. The summed E-state index contributed by atoms with van der Waals surface area (Å²) in [6.07, 6.45) is -11.5. The molecular formula is C20H9F11N2O2. The molecule has 0 aliphatic heterocycles. The van der Waals surface area contributed by atoms with Crippen molar-refractivity contribution in [1.29, 1.82) is 0 Å². The molecule has 4 N–H and O–H groups in total. The molecule has 188 valence electrons. The van der Waals surface area contributed by atoms with E-state index in [2.05, 4.69) is 9.47 Å². The van der Waals surface area contributed by atoms with Crippen molar-refractivity contribution >= 4 is 11.4 Å².